The lowest BCUT2D eigenvalue weighted by atomic mass is 10.1. The van der Waals surface area contributed by atoms with E-state index in [4.69, 9.17) is 30.2 Å². The molecule has 1 atom stereocenters. The number of fused-ring (bicyclic) bond motifs is 2. The number of furan rings is 1. The smallest absolute Gasteiger partial charge is 0.199 e. The third-order valence-corrected chi connectivity index (χ3v) is 7.31. The van der Waals surface area contributed by atoms with Crippen LogP contribution in [0.5, 0.6) is 11.5 Å². The Morgan fingerprint density at radius 3 is 2.87 bits per heavy atom. The zero-order valence-electron chi connectivity index (χ0n) is 21.0. The van der Waals surface area contributed by atoms with Crippen molar-refractivity contribution in [3.05, 3.63) is 53.4 Å². The zero-order chi connectivity index (χ0) is 25.9. The lowest BCUT2D eigenvalue weighted by Crippen LogP contribution is -2.25. The van der Waals surface area contributed by atoms with Crippen molar-refractivity contribution in [2.75, 3.05) is 38.2 Å². The van der Waals surface area contributed by atoms with Crippen LogP contribution in [0.4, 0.5) is 11.4 Å². The monoisotopic (exact) mass is 532 g/mol. The number of hydrogen-bond acceptors (Lipinski definition) is 8. The molecule has 0 radical (unpaired) electrons. The Morgan fingerprint density at radius 1 is 1.16 bits per heavy atom. The highest BCUT2D eigenvalue weighted by Gasteiger charge is 2.22. The first-order chi connectivity index (χ1) is 18.7. The van der Waals surface area contributed by atoms with E-state index in [1.165, 1.54) is 12.8 Å². The fourth-order valence-corrected chi connectivity index (χ4v) is 5.38. The van der Waals surface area contributed by atoms with Gasteiger partial charge in [-0.25, -0.2) is 0 Å². The van der Waals surface area contributed by atoms with Gasteiger partial charge >= 0.3 is 0 Å². The molecule has 0 bridgehead atoms. The minimum atomic E-state index is -0.378. The highest BCUT2D eigenvalue weighted by atomic mass is 35.5. The summed E-state index contributed by atoms with van der Waals surface area (Å²) in [5.41, 5.74) is 2.98. The number of ether oxygens (including phenoxy) is 3. The number of nitrogens with zero attached hydrogens (tertiary/aromatic N) is 3. The lowest BCUT2D eigenvalue weighted by molar-refractivity contribution is -0.105. The van der Waals surface area contributed by atoms with Crippen LogP contribution in [0.3, 0.4) is 0 Å². The maximum atomic E-state index is 10.0. The Bertz CT molecular complexity index is 1490. The van der Waals surface area contributed by atoms with E-state index >= 15 is 0 Å². The van der Waals surface area contributed by atoms with Gasteiger partial charge in [0.2, 0.25) is 0 Å². The minimum absolute atomic E-state index is 0.378. The van der Waals surface area contributed by atoms with Crippen LogP contribution < -0.4 is 14.8 Å². The second-order valence-electron chi connectivity index (χ2n) is 9.70. The molecule has 8 nitrogen and oxygen atoms in total. The Morgan fingerprint density at radius 2 is 2.05 bits per heavy atom. The quantitative estimate of drug-likeness (QED) is 0.270. The predicted molar refractivity (Wildman–Crippen MR) is 146 cm³/mol. The van der Waals surface area contributed by atoms with Crippen molar-refractivity contribution in [3.63, 3.8) is 0 Å². The summed E-state index contributed by atoms with van der Waals surface area (Å²) in [7, 11) is 0. The third kappa shape index (κ3) is 5.23. The Labute approximate surface area is 226 Å². The van der Waals surface area contributed by atoms with E-state index < -0.39 is 0 Å². The van der Waals surface area contributed by atoms with Gasteiger partial charge in [0.25, 0.3) is 0 Å². The molecule has 38 heavy (non-hydrogen) atoms. The van der Waals surface area contributed by atoms with Crippen molar-refractivity contribution in [1.82, 2.24) is 9.88 Å². The molecule has 6 rings (SSSR count). The highest BCUT2D eigenvalue weighted by molar-refractivity contribution is 6.31. The zero-order valence-corrected chi connectivity index (χ0v) is 21.8. The van der Waals surface area contributed by atoms with Crippen LogP contribution >= 0.6 is 11.6 Å². The van der Waals surface area contributed by atoms with Crippen molar-refractivity contribution in [2.45, 2.75) is 38.4 Å². The second-order valence-corrected chi connectivity index (χ2v) is 10.1. The molecule has 0 aliphatic carbocycles. The number of pyridine rings is 1. The Hall–Kier alpha value is -3.51. The van der Waals surface area contributed by atoms with Gasteiger partial charge in [-0.2, -0.15) is 5.26 Å². The first-order valence-corrected chi connectivity index (χ1v) is 13.5. The molecule has 2 aliphatic rings. The number of aromatic nitrogens is 1. The molecule has 2 fully saturated rings. The molecule has 4 heterocycles. The highest BCUT2D eigenvalue weighted by Crippen LogP contribution is 2.41. The summed E-state index contributed by atoms with van der Waals surface area (Å²) in [6.45, 7) is 4.35. The first-order valence-electron chi connectivity index (χ1n) is 13.1. The van der Waals surface area contributed by atoms with Gasteiger partial charge in [0, 0.05) is 47.8 Å². The summed E-state index contributed by atoms with van der Waals surface area (Å²) in [6.07, 6.45) is 8.13. The molecule has 0 saturated carbocycles. The summed E-state index contributed by atoms with van der Waals surface area (Å²) >= 11 is 6.38. The molecule has 2 aliphatic heterocycles. The fourth-order valence-electron chi connectivity index (χ4n) is 5.17. The molecular weight excluding hydrogens is 504 g/mol. The summed E-state index contributed by atoms with van der Waals surface area (Å²) in [4.78, 5) is 7.02. The molecule has 2 aromatic carbocycles. The number of hydrogen-bond donors (Lipinski definition) is 1. The fraction of sp³-hybridized carbons (Fsp3) is 0.379. The Kier molecular flexibility index (Phi) is 7.23. The van der Waals surface area contributed by atoms with Crippen LogP contribution in [0.15, 0.2) is 47.2 Å². The average Bonchev–Trinajstić information content (AvgIpc) is 3.62. The average molecular weight is 533 g/mol. The van der Waals surface area contributed by atoms with E-state index in [1.54, 1.807) is 18.5 Å². The van der Waals surface area contributed by atoms with Crippen molar-refractivity contribution in [2.24, 2.45) is 0 Å². The molecule has 0 spiro atoms. The number of benzene rings is 2. The van der Waals surface area contributed by atoms with Gasteiger partial charge in [-0.05, 0) is 50.9 Å². The maximum absolute atomic E-state index is 10.0. The summed E-state index contributed by atoms with van der Waals surface area (Å²) < 4.78 is 24.0. The molecule has 1 N–H and O–H groups in total. The van der Waals surface area contributed by atoms with Gasteiger partial charge in [-0.1, -0.05) is 11.6 Å². The van der Waals surface area contributed by atoms with Gasteiger partial charge in [0.05, 0.1) is 40.7 Å². The number of nitriles is 1. The van der Waals surface area contributed by atoms with E-state index in [1.807, 2.05) is 24.3 Å². The number of likely N-dealkylation sites (tertiary alicyclic amines) is 1. The van der Waals surface area contributed by atoms with E-state index in [0.29, 0.717) is 57.5 Å². The van der Waals surface area contributed by atoms with Crippen molar-refractivity contribution in [1.29, 1.82) is 5.26 Å². The van der Waals surface area contributed by atoms with Gasteiger partial charge in [0.1, 0.15) is 29.8 Å². The van der Waals surface area contributed by atoms with Crippen LogP contribution in [-0.2, 0) is 4.74 Å². The molecule has 1 unspecified atom stereocenters. The van der Waals surface area contributed by atoms with Gasteiger partial charge in [0.15, 0.2) is 6.29 Å². The van der Waals surface area contributed by atoms with Crippen LogP contribution in [0, 0.1) is 11.3 Å². The maximum Gasteiger partial charge on any atom is 0.199 e. The number of halogens is 1. The minimum Gasteiger partial charge on any atom is -0.492 e. The molecule has 2 saturated heterocycles. The predicted octanol–water partition coefficient (Wildman–Crippen LogP) is 6.63. The van der Waals surface area contributed by atoms with Gasteiger partial charge in [-0.15, -0.1) is 0 Å². The van der Waals surface area contributed by atoms with Crippen LogP contribution in [0.1, 0.15) is 37.7 Å². The van der Waals surface area contributed by atoms with E-state index in [2.05, 4.69) is 21.3 Å². The van der Waals surface area contributed by atoms with E-state index in [0.717, 1.165) is 50.0 Å². The van der Waals surface area contributed by atoms with Crippen molar-refractivity contribution < 1.29 is 18.6 Å². The molecule has 2 aromatic heterocycles. The SMILES string of the molecule is N#Cc1cnc2cc(OCCN3CCCC3)cc(OC3CCCCO3)c2c1Nc1cc(Cl)cc2occc12. The van der Waals surface area contributed by atoms with Gasteiger partial charge < -0.3 is 23.9 Å². The number of rotatable bonds is 8. The third-order valence-electron chi connectivity index (χ3n) is 7.09. The summed E-state index contributed by atoms with van der Waals surface area (Å²) in [5, 5.41) is 15.5. The van der Waals surface area contributed by atoms with Gasteiger partial charge in [-0.3, -0.25) is 9.88 Å². The number of nitrogens with one attached hydrogen (secondary N) is 1. The molecule has 4 aromatic rings. The Balaban J connectivity index is 1.41. The number of anilines is 2. The van der Waals surface area contributed by atoms with E-state index in [9.17, 15) is 5.26 Å². The largest absolute Gasteiger partial charge is 0.492 e. The lowest BCUT2D eigenvalue weighted by Gasteiger charge is -2.25. The second kappa shape index (κ2) is 11.1. The standard InChI is InChI=1S/C29H29ClN4O4/c30-20-13-23(22-6-11-36-25(22)14-20)33-29-19(17-31)18-32-24-15-21(35-12-9-34-7-2-3-8-34)16-26(28(24)29)38-27-5-1-4-10-37-27/h6,11,13-16,18,27H,1-5,7-10,12H2,(H,32,33). The molecule has 196 valence electrons. The summed E-state index contributed by atoms with van der Waals surface area (Å²) in [6, 6.07) is 11.5. The summed E-state index contributed by atoms with van der Waals surface area (Å²) in [5.74, 6) is 1.23. The molecule has 0 amide bonds. The molecule has 9 heteroatoms. The van der Waals surface area contributed by atoms with Crippen LogP contribution in [0.2, 0.25) is 5.02 Å². The normalized spacial score (nSPS) is 18.1. The first kappa shape index (κ1) is 24.8. The van der Waals surface area contributed by atoms with Crippen LogP contribution in [0.25, 0.3) is 21.9 Å². The topological polar surface area (TPSA) is 92.8 Å². The van der Waals surface area contributed by atoms with E-state index in [-0.39, 0.29) is 6.29 Å². The molecular formula is C29H29ClN4O4. The van der Waals surface area contributed by atoms with Crippen molar-refractivity contribution in [3.8, 4) is 17.6 Å². The van der Waals surface area contributed by atoms with Crippen LogP contribution in [-0.4, -0.2) is 49.0 Å². The van der Waals surface area contributed by atoms with Crippen molar-refractivity contribution >= 4 is 44.8 Å².